The first-order chi connectivity index (χ1) is 29.5. The molecule has 0 aromatic carbocycles. The zero-order valence-corrected chi connectivity index (χ0v) is 39.5. The average molecular weight is 839 g/mol. The van der Waals surface area contributed by atoms with Crippen LogP contribution in [0.1, 0.15) is 245 Å². The molecule has 0 aliphatic carbocycles. The number of carbonyl (C=O) groups excluding carboxylic acids is 3. The van der Waals surface area contributed by atoms with Crippen LogP contribution in [0.15, 0.2) is 60.8 Å². The van der Waals surface area contributed by atoms with E-state index in [2.05, 4.69) is 81.5 Å². The van der Waals surface area contributed by atoms with Crippen LogP contribution in [0.3, 0.4) is 0 Å². The van der Waals surface area contributed by atoms with E-state index in [0.717, 1.165) is 116 Å². The van der Waals surface area contributed by atoms with Crippen LogP contribution in [0, 0.1) is 0 Å². The Morgan fingerprint density at radius 1 is 0.350 bits per heavy atom. The summed E-state index contributed by atoms with van der Waals surface area (Å²) < 4.78 is 16.8. The van der Waals surface area contributed by atoms with Gasteiger partial charge in [-0.2, -0.15) is 0 Å². The lowest BCUT2D eigenvalue weighted by molar-refractivity contribution is -0.167. The number of esters is 3. The van der Waals surface area contributed by atoms with Gasteiger partial charge < -0.3 is 14.2 Å². The zero-order chi connectivity index (χ0) is 43.7. The van der Waals surface area contributed by atoms with Gasteiger partial charge >= 0.3 is 17.9 Å². The van der Waals surface area contributed by atoms with Gasteiger partial charge in [0, 0.05) is 19.3 Å². The molecule has 0 saturated heterocycles. The number of ether oxygens (including phenoxy) is 3. The number of unbranched alkanes of at least 4 members (excludes halogenated alkanes) is 24. The van der Waals surface area contributed by atoms with E-state index in [-0.39, 0.29) is 31.1 Å². The maximum absolute atomic E-state index is 12.8. The third-order valence-electron chi connectivity index (χ3n) is 10.7. The van der Waals surface area contributed by atoms with Crippen molar-refractivity contribution in [2.45, 2.75) is 252 Å². The molecule has 0 aliphatic rings. The van der Waals surface area contributed by atoms with Crippen molar-refractivity contribution in [3.05, 3.63) is 60.8 Å². The van der Waals surface area contributed by atoms with Gasteiger partial charge in [-0.3, -0.25) is 14.4 Å². The van der Waals surface area contributed by atoms with Gasteiger partial charge in [-0.05, 0) is 103 Å². The fraction of sp³-hybridized carbons (Fsp3) is 0.759. The summed E-state index contributed by atoms with van der Waals surface area (Å²) in [6, 6.07) is 0. The lowest BCUT2D eigenvalue weighted by Crippen LogP contribution is -2.30. The lowest BCUT2D eigenvalue weighted by atomic mass is 10.1. The molecule has 0 aromatic rings. The predicted octanol–water partition coefficient (Wildman–Crippen LogP) is 16.5. The Balaban J connectivity index is 4.43. The Morgan fingerprint density at radius 2 is 0.650 bits per heavy atom. The SMILES string of the molecule is CC/C=C/C/C=C/C/C=C/CCCCCCCC(=O)OC[C@@H](COC(=O)CCCCCCC/C=C/CCCCCC)OC(=O)CCCCCCC/C=C/CCCCCCC. The molecular formula is C54H94O6. The first-order valence-electron chi connectivity index (χ1n) is 25.3. The van der Waals surface area contributed by atoms with Gasteiger partial charge in [0.15, 0.2) is 6.10 Å². The second-order valence-electron chi connectivity index (χ2n) is 16.7. The maximum atomic E-state index is 12.8. The molecule has 0 fully saturated rings. The van der Waals surface area contributed by atoms with Crippen molar-refractivity contribution in [3.63, 3.8) is 0 Å². The number of hydrogen-bond acceptors (Lipinski definition) is 6. The fourth-order valence-electron chi connectivity index (χ4n) is 6.92. The van der Waals surface area contributed by atoms with Crippen LogP contribution >= 0.6 is 0 Å². The molecule has 0 saturated carbocycles. The largest absolute Gasteiger partial charge is 0.462 e. The quantitative estimate of drug-likeness (QED) is 0.0263. The lowest BCUT2D eigenvalue weighted by Gasteiger charge is -2.18. The van der Waals surface area contributed by atoms with Crippen molar-refractivity contribution >= 4 is 17.9 Å². The van der Waals surface area contributed by atoms with E-state index in [9.17, 15) is 14.4 Å². The summed E-state index contributed by atoms with van der Waals surface area (Å²) in [4.78, 5) is 37.9. The molecule has 0 N–H and O–H groups in total. The first-order valence-corrected chi connectivity index (χ1v) is 25.3. The highest BCUT2D eigenvalue weighted by molar-refractivity contribution is 5.71. The predicted molar refractivity (Wildman–Crippen MR) is 256 cm³/mol. The molecule has 6 heteroatoms. The molecule has 346 valence electrons. The van der Waals surface area contributed by atoms with Gasteiger partial charge in [-0.15, -0.1) is 0 Å². The minimum Gasteiger partial charge on any atom is -0.462 e. The van der Waals surface area contributed by atoms with Crippen LogP contribution in [-0.4, -0.2) is 37.2 Å². The second kappa shape index (κ2) is 48.8. The number of hydrogen-bond donors (Lipinski definition) is 0. The Kier molecular flexibility index (Phi) is 46.4. The van der Waals surface area contributed by atoms with Gasteiger partial charge in [0.2, 0.25) is 0 Å². The average Bonchev–Trinajstić information content (AvgIpc) is 3.24. The summed E-state index contributed by atoms with van der Waals surface area (Å²) >= 11 is 0. The van der Waals surface area contributed by atoms with Gasteiger partial charge in [-0.1, -0.05) is 184 Å². The van der Waals surface area contributed by atoms with Crippen molar-refractivity contribution < 1.29 is 28.6 Å². The van der Waals surface area contributed by atoms with Crippen LogP contribution in [0.5, 0.6) is 0 Å². The molecule has 6 nitrogen and oxygen atoms in total. The van der Waals surface area contributed by atoms with Crippen molar-refractivity contribution in [2.75, 3.05) is 13.2 Å². The molecule has 0 rings (SSSR count). The van der Waals surface area contributed by atoms with E-state index >= 15 is 0 Å². The van der Waals surface area contributed by atoms with Crippen molar-refractivity contribution in [1.29, 1.82) is 0 Å². The number of rotatable bonds is 45. The van der Waals surface area contributed by atoms with Crippen LogP contribution < -0.4 is 0 Å². The van der Waals surface area contributed by atoms with E-state index in [1.54, 1.807) is 0 Å². The van der Waals surface area contributed by atoms with E-state index in [0.29, 0.717) is 19.3 Å². The highest BCUT2D eigenvalue weighted by atomic mass is 16.6. The first kappa shape index (κ1) is 57.1. The van der Waals surface area contributed by atoms with Crippen LogP contribution in [0.25, 0.3) is 0 Å². The van der Waals surface area contributed by atoms with Crippen molar-refractivity contribution in [2.24, 2.45) is 0 Å². The molecule has 1 atom stereocenters. The topological polar surface area (TPSA) is 78.9 Å². The molecule has 0 amide bonds. The van der Waals surface area contributed by atoms with Crippen LogP contribution in [0.4, 0.5) is 0 Å². The van der Waals surface area contributed by atoms with Gasteiger partial charge in [0.1, 0.15) is 13.2 Å². The molecule has 0 radical (unpaired) electrons. The molecule has 0 bridgehead atoms. The van der Waals surface area contributed by atoms with Crippen molar-refractivity contribution in [3.8, 4) is 0 Å². The van der Waals surface area contributed by atoms with Gasteiger partial charge in [0.05, 0.1) is 0 Å². The van der Waals surface area contributed by atoms with Gasteiger partial charge in [-0.25, -0.2) is 0 Å². The summed E-state index contributed by atoms with van der Waals surface area (Å²) in [7, 11) is 0. The summed E-state index contributed by atoms with van der Waals surface area (Å²) in [5.41, 5.74) is 0. The molecule has 0 unspecified atom stereocenters. The molecule has 0 spiro atoms. The number of carbonyl (C=O) groups is 3. The van der Waals surface area contributed by atoms with E-state index in [1.807, 2.05) is 0 Å². The third-order valence-corrected chi connectivity index (χ3v) is 10.7. The molecule has 0 heterocycles. The normalized spacial score (nSPS) is 12.5. The van der Waals surface area contributed by atoms with E-state index in [1.165, 1.54) is 89.9 Å². The number of allylic oxidation sites excluding steroid dienone is 10. The molecule has 0 aliphatic heterocycles. The minimum absolute atomic E-state index is 0.0874. The van der Waals surface area contributed by atoms with Crippen LogP contribution in [0.2, 0.25) is 0 Å². The molecule has 60 heavy (non-hydrogen) atoms. The Bertz CT molecular complexity index is 1100. The van der Waals surface area contributed by atoms with Crippen LogP contribution in [-0.2, 0) is 28.6 Å². The summed E-state index contributed by atoms with van der Waals surface area (Å²) in [6.07, 6.45) is 59.1. The highest BCUT2D eigenvalue weighted by Gasteiger charge is 2.19. The smallest absolute Gasteiger partial charge is 0.306 e. The fourth-order valence-corrected chi connectivity index (χ4v) is 6.92. The van der Waals surface area contributed by atoms with Gasteiger partial charge in [0.25, 0.3) is 0 Å². The maximum Gasteiger partial charge on any atom is 0.306 e. The Labute approximate surface area is 370 Å². The monoisotopic (exact) mass is 839 g/mol. The second-order valence-corrected chi connectivity index (χ2v) is 16.7. The van der Waals surface area contributed by atoms with Crippen molar-refractivity contribution in [1.82, 2.24) is 0 Å². The Morgan fingerprint density at radius 3 is 1.05 bits per heavy atom. The zero-order valence-electron chi connectivity index (χ0n) is 39.5. The van der Waals surface area contributed by atoms with E-state index < -0.39 is 6.10 Å². The summed E-state index contributed by atoms with van der Waals surface area (Å²) in [6.45, 7) is 6.47. The highest BCUT2D eigenvalue weighted by Crippen LogP contribution is 2.14. The standard InChI is InChI=1S/C54H94O6/c1-4-7-10-13-16-19-22-25-27-30-32-35-38-41-44-47-53(56)59-50-51(49-58-52(55)46-43-40-37-34-31-28-24-21-18-15-12-9-6-3)60-54(57)48-45-42-39-36-33-29-26-23-20-17-14-11-8-5-2/h7,10,16,19,21,23-27,51H,4-6,8-9,11-15,17-18,20,22,28-50H2,1-3H3/b10-7+,19-16+,24-21+,26-23+,27-25+/t51-/m1/s1. The third kappa shape index (κ3) is 46.2. The summed E-state index contributed by atoms with van der Waals surface area (Å²) in [5, 5.41) is 0. The molecular weight excluding hydrogens is 745 g/mol. The molecule has 0 aromatic heterocycles. The minimum atomic E-state index is -0.787. The summed E-state index contributed by atoms with van der Waals surface area (Å²) in [5.74, 6) is -0.919. The Hall–Kier alpha value is -2.89. The van der Waals surface area contributed by atoms with E-state index in [4.69, 9.17) is 14.2 Å².